The van der Waals surface area contributed by atoms with Gasteiger partial charge in [0.05, 0.1) is 0 Å². The van der Waals surface area contributed by atoms with Crippen molar-refractivity contribution in [3.8, 4) is 0 Å². The van der Waals surface area contributed by atoms with Crippen molar-refractivity contribution in [3.05, 3.63) is 63.6 Å². The van der Waals surface area contributed by atoms with E-state index in [4.69, 9.17) is 11.6 Å². The molecule has 1 N–H and O–H groups in total. The number of nitrogens with zero attached hydrogens (tertiary/aromatic N) is 1. The summed E-state index contributed by atoms with van der Waals surface area (Å²) in [4.78, 5) is 28.6. The van der Waals surface area contributed by atoms with Crippen molar-refractivity contribution in [1.82, 2.24) is 10.2 Å². The van der Waals surface area contributed by atoms with Crippen LogP contribution in [0.1, 0.15) is 45.6 Å². The molecule has 0 aromatic heterocycles. The van der Waals surface area contributed by atoms with Crippen LogP contribution in [0.25, 0.3) is 0 Å². The van der Waals surface area contributed by atoms with Gasteiger partial charge in [0.25, 0.3) is 0 Å². The third-order valence-electron chi connectivity index (χ3n) is 5.05. The largest absolute Gasteiger partial charge is 0.352 e. The Morgan fingerprint density at radius 1 is 1.10 bits per heavy atom. The first-order chi connectivity index (χ1) is 14.8. The molecular formula is C24H30BrClN2O2S. The zero-order valence-corrected chi connectivity index (χ0v) is 21.4. The average Bonchev–Trinajstić information content (AvgIpc) is 2.76. The van der Waals surface area contributed by atoms with Crippen molar-refractivity contribution in [1.29, 1.82) is 0 Å². The minimum atomic E-state index is -0.533. The van der Waals surface area contributed by atoms with Gasteiger partial charge in [-0.15, -0.1) is 11.8 Å². The van der Waals surface area contributed by atoms with Crippen LogP contribution in [0, 0.1) is 0 Å². The van der Waals surface area contributed by atoms with E-state index >= 15 is 0 Å². The molecule has 31 heavy (non-hydrogen) atoms. The van der Waals surface area contributed by atoms with Gasteiger partial charge in [0.1, 0.15) is 6.04 Å². The Balaban J connectivity index is 1.99. The molecule has 0 radical (unpaired) electrons. The topological polar surface area (TPSA) is 49.4 Å². The molecule has 0 aliphatic rings. The van der Waals surface area contributed by atoms with Crippen molar-refractivity contribution >= 4 is 51.1 Å². The highest BCUT2D eigenvalue weighted by Gasteiger charge is 2.26. The molecule has 4 nitrogen and oxygen atoms in total. The molecule has 2 aromatic carbocycles. The maximum Gasteiger partial charge on any atom is 0.242 e. The maximum absolute atomic E-state index is 13.1. The van der Waals surface area contributed by atoms with E-state index in [1.165, 1.54) is 0 Å². The fourth-order valence-electron chi connectivity index (χ4n) is 2.92. The van der Waals surface area contributed by atoms with Gasteiger partial charge in [-0.2, -0.15) is 0 Å². The summed E-state index contributed by atoms with van der Waals surface area (Å²) in [6, 6.07) is 15.1. The van der Waals surface area contributed by atoms with Crippen molar-refractivity contribution in [3.63, 3.8) is 0 Å². The Morgan fingerprint density at radius 3 is 2.35 bits per heavy atom. The van der Waals surface area contributed by atoms with Gasteiger partial charge < -0.3 is 10.2 Å². The number of rotatable bonds is 11. The van der Waals surface area contributed by atoms with Gasteiger partial charge in [0.15, 0.2) is 0 Å². The van der Waals surface area contributed by atoms with Crippen molar-refractivity contribution in [2.24, 2.45) is 0 Å². The molecule has 168 valence electrons. The number of amides is 2. The maximum atomic E-state index is 13.1. The number of carbonyl (C=O) groups is 2. The molecule has 2 amide bonds. The van der Waals surface area contributed by atoms with Crippen molar-refractivity contribution in [2.45, 2.75) is 63.6 Å². The molecule has 2 aromatic rings. The van der Waals surface area contributed by atoms with E-state index in [1.54, 1.807) is 23.6 Å². The number of nitrogens with one attached hydrogen (secondary N) is 1. The number of hydrogen-bond acceptors (Lipinski definition) is 3. The molecule has 0 fully saturated rings. The highest BCUT2D eigenvalue weighted by molar-refractivity contribution is 9.10. The van der Waals surface area contributed by atoms with Gasteiger partial charge in [-0.1, -0.05) is 46.6 Å². The van der Waals surface area contributed by atoms with E-state index in [1.807, 2.05) is 62.4 Å². The van der Waals surface area contributed by atoms with Gasteiger partial charge in [-0.3, -0.25) is 9.59 Å². The van der Waals surface area contributed by atoms with Crippen molar-refractivity contribution < 1.29 is 9.59 Å². The van der Waals surface area contributed by atoms with Crippen LogP contribution in [-0.4, -0.2) is 34.6 Å². The Hall–Kier alpha value is -1.50. The fraction of sp³-hybridized carbons (Fsp3) is 0.417. The predicted octanol–water partition coefficient (Wildman–Crippen LogP) is 6.31. The number of benzene rings is 2. The van der Waals surface area contributed by atoms with Crippen LogP contribution in [0.4, 0.5) is 0 Å². The molecule has 2 rings (SSSR count). The summed E-state index contributed by atoms with van der Waals surface area (Å²) in [5.41, 5.74) is 0.996. The summed E-state index contributed by atoms with van der Waals surface area (Å²) in [5, 5.41) is 3.71. The van der Waals surface area contributed by atoms with E-state index in [-0.39, 0.29) is 17.9 Å². The Labute approximate surface area is 203 Å². The second-order valence-electron chi connectivity index (χ2n) is 7.55. The van der Waals surface area contributed by atoms with E-state index in [0.717, 1.165) is 33.5 Å². The van der Waals surface area contributed by atoms with Gasteiger partial charge in [0.2, 0.25) is 11.8 Å². The molecule has 2 atom stereocenters. The second-order valence-corrected chi connectivity index (χ2v) is 10.1. The molecule has 0 saturated carbocycles. The smallest absolute Gasteiger partial charge is 0.242 e. The summed E-state index contributed by atoms with van der Waals surface area (Å²) in [5.74, 6) is 0.703. The second kappa shape index (κ2) is 13.1. The summed E-state index contributed by atoms with van der Waals surface area (Å²) in [6.45, 7) is 6.21. The number of thioether (sulfide) groups is 1. The van der Waals surface area contributed by atoms with Crippen LogP contribution in [0.3, 0.4) is 0 Å². The molecule has 0 spiro atoms. The molecule has 0 saturated heterocycles. The minimum Gasteiger partial charge on any atom is -0.352 e. The summed E-state index contributed by atoms with van der Waals surface area (Å²) in [6.07, 6.45) is 1.99. The normalized spacial score (nSPS) is 12.8. The summed E-state index contributed by atoms with van der Waals surface area (Å²) < 4.78 is 0.982. The standard InChI is InChI=1S/C24H30BrClN2O2S/c1-4-17(2)27-24(30)18(3)28(16-19-7-9-20(25)10-8-19)23(29)6-5-15-31-22-13-11-21(26)12-14-22/h7-14,17-18H,4-6,15-16H2,1-3H3,(H,27,30). The van der Waals surface area contributed by atoms with Gasteiger partial charge in [0, 0.05) is 33.4 Å². The Morgan fingerprint density at radius 2 is 1.74 bits per heavy atom. The van der Waals surface area contributed by atoms with Gasteiger partial charge in [-0.25, -0.2) is 0 Å². The first-order valence-corrected chi connectivity index (χ1v) is 12.7. The zero-order valence-electron chi connectivity index (χ0n) is 18.2. The molecule has 0 aliphatic heterocycles. The zero-order chi connectivity index (χ0) is 22.8. The highest BCUT2D eigenvalue weighted by atomic mass is 79.9. The quantitative estimate of drug-likeness (QED) is 0.276. The average molecular weight is 526 g/mol. The summed E-state index contributed by atoms with van der Waals surface area (Å²) in [7, 11) is 0. The van der Waals surface area contributed by atoms with Crippen LogP contribution in [-0.2, 0) is 16.1 Å². The molecule has 0 bridgehead atoms. The lowest BCUT2D eigenvalue weighted by atomic mass is 10.1. The van der Waals surface area contributed by atoms with E-state index in [0.29, 0.717) is 18.0 Å². The molecule has 0 heterocycles. The lowest BCUT2D eigenvalue weighted by Crippen LogP contribution is -2.49. The van der Waals surface area contributed by atoms with Crippen LogP contribution in [0.5, 0.6) is 0 Å². The minimum absolute atomic E-state index is 0.00794. The highest BCUT2D eigenvalue weighted by Crippen LogP contribution is 2.22. The fourth-order valence-corrected chi connectivity index (χ4v) is 4.17. The lowest BCUT2D eigenvalue weighted by Gasteiger charge is -2.29. The van der Waals surface area contributed by atoms with Crippen LogP contribution >= 0.6 is 39.3 Å². The summed E-state index contributed by atoms with van der Waals surface area (Å²) >= 11 is 11.1. The Bertz CT molecular complexity index is 846. The van der Waals surface area contributed by atoms with Crippen LogP contribution < -0.4 is 5.32 Å². The van der Waals surface area contributed by atoms with E-state index < -0.39 is 6.04 Å². The van der Waals surface area contributed by atoms with Crippen LogP contribution in [0.2, 0.25) is 5.02 Å². The Kier molecular flexibility index (Phi) is 10.9. The van der Waals surface area contributed by atoms with Gasteiger partial charge >= 0.3 is 0 Å². The molecule has 2 unspecified atom stereocenters. The van der Waals surface area contributed by atoms with E-state index in [9.17, 15) is 9.59 Å². The molecule has 7 heteroatoms. The van der Waals surface area contributed by atoms with Crippen LogP contribution in [0.15, 0.2) is 57.9 Å². The monoisotopic (exact) mass is 524 g/mol. The SMILES string of the molecule is CCC(C)NC(=O)C(C)N(Cc1ccc(Br)cc1)C(=O)CCCSc1ccc(Cl)cc1. The third-order valence-corrected chi connectivity index (χ3v) is 6.93. The van der Waals surface area contributed by atoms with Gasteiger partial charge in [-0.05, 0) is 74.4 Å². The first-order valence-electron chi connectivity index (χ1n) is 10.5. The first kappa shape index (κ1) is 25.8. The lowest BCUT2D eigenvalue weighted by molar-refractivity contribution is -0.140. The third kappa shape index (κ3) is 8.87. The number of hydrogen-bond donors (Lipinski definition) is 1. The van der Waals surface area contributed by atoms with Crippen molar-refractivity contribution in [2.75, 3.05) is 5.75 Å². The number of carbonyl (C=O) groups excluding carboxylic acids is 2. The molecular weight excluding hydrogens is 496 g/mol. The number of halogens is 2. The van der Waals surface area contributed by atoms with E-state index in [2.05, 4.69) is 21.2 Å². The predicted molar refractivity (Wildman–Crippen MR) is 133 cm³/mol. The molecule has 0 aliphatic carbocycles.